The summed E-state index contributed by atoms with van der Waals surface area (Å²) in [7, 11) is -4.07. The summed E-state index contributed by atoms with van der Waals surface area (Å²) >= 11 is 0. The quantitative estimate of drug-likeness (QED) is 0.380. The first kappa shape index (κ1) is 28.9. The predicted octanol–water partition coefficient (Wildman–Crippen LogP) is 4.87. The molecule has 0 heterocycles. The molecule has 0 bridgehead atoms. The van der Waals surface area contributed by atoms with Crippen LogP contribution in [0, 0.1) is 6.92 Å². The molecule has 8 heteroatoms. The van der Waals surface area contributed by atoms with Gasteiger partial charge in [0, 0.05) is 13.1 Å². The maximum atomic E-state index is 13.9. The molecule has 0 unspecified atom stereocenters. The van der Waals surface area contributed by atoms with Crippen molar-refractivity contribution in [2.45, 2.75) is 58.0 Å². The lowest BCUT2D eigenvalue weighted by Crippen LogP contribution is -2.51. The normalized spacial score (nSPS) is 12.2. The van der Waals surface area contributed by atoms with E-state index < -0.39 is 28.5 Å². The molecule has 0 aliphatic heterocycles. The standard InChI is InChI=1S/C30H37N3O4S/c1-6-31-30(35)24(5)32(20-25-12-10-11-23(4)19-25)29(34)21-33(27-17-15-26(16-18-27)22(2)3)38(36,37)28-13-8-7-9-14-28/h7-19,22,24H,6,20-21H2,1-5H3,(H,31,35)/t24-/m1/s1. The number of likely N-dealkylation sites (N-methyl/N-ethyl adjacent to an activating group) is 1. The molecule has 3 aromatic rings. The highest BCUT2D eigenvalue weighted by atomic mass is 32.2. The average molecular weight is 536 g/mol. The van der Waals surface area contributed by atoms with Gasteiger partial charge in [-0.3, -0.25) is 13.9 Å². The third kappa shape index (κ3) is 7.01. The number of hydrogen-bond donors (Lipinski definition) is 1. The molecular formula is C30H37N3O4S. The Balaban J connectivity index is 2.03. The van der Waals surface area contributed by atoms with E-state index in [1.807, 2.05) is 50.2 Å². The molecule has 2 amide bonds. The van der Waals surface area contributed by atoms with Crippen LogP contribution in [0.15, 0.2) is 83.8 Å². The number of nitrogens with one attached hydrogen (secondary N) is 1. The highest BCUT2D eigenvalue weighted by Crippen LogP contribution is 2.26. The zero-order valence-corrected chi connectivity index (χ0v) is 23.5. The highest BCUT2D eigenvalue weighted by Gasteiger charge is 2.32. The van der Waals surface area contributed by atoms with Crippen LogP contribution in [0.2, 0.25) is 0 Å². The largest absolute Gasteiger partial charge is 0.355 e. The van der Waals surface area contributed by atoms with Gasteiger partial charge < -0.3 is 10.2 Å². The van der Waals surface area contributed by atoms with Gasteiger partial charge in [-0.1, -0.05) is 74.0 Å². The second-order valence-corrected chi connectivity index (χ2v) is 11.5. The van der Waals surface area contributed by atoms with Gasteiger partial charge in [-0.25, -0.2) is 8.42 Å². The van der Waals surface area contributed by atoms with Crippen LogP contribution in [0.4, 0.5) is 5.69 Å². The Morgan fingerprint density at radius 1 is 0.895 bits per heavy atom. The van der Waals surface area contributed by atoms with Crippen molar-refractivity contribution in [3.05, 3.63) is 95.6 Å². The van der Waals surface area contributed by atoms with Crippen molar-refractivity contribution in [1.82, 2.24) is 10.2 Å². The second kappa shape index (κ2) is 12.7. The molecule has 0 saturated heterocycles. The van der Waals surface area contributed by atoms with Crippen LogP contribution in [-0.4, -0.2) is 44.3 Å². The molecule has 7 nitrogen and oxygen atoms in total. The number of rotatable bonds is 11. The van der Waals surface area contributed by atoms with Crippen molar-refractivity contribution in [1.29, 1.82) is 0 Å². The molecule has 1 N–H and O–H groups in total. The molecule has 3 aromatic carbocycles. The van der Waals surface area contributed by atoms with E-state index in [-0.39, 0.29) is 23.3 Å². The molecule has 3 rings (SSSR count). The summed E-state index contributed by atoms with van der Waals surface area (Å²) in [6.07, 6.45) is 0. The van der Waals surface area contributed by atoms with E-state index in [2.05, 4.69) is 19.2 Å². The molecule has 0 fully saturated rings. The Kier molecular flexibility index (Phi) is 9.69. The lowest BCUT2D eigenvalue weighted by molar-refractivity contribution is -0.139. The zero-order valence-electron chi connectivity index (χ0n) is 22.7. The number of anilines is 1. The minimum absolute atomic E-state index is 0.0859. The summed E-state index contributed by atoms with van der Waals surface area (Å²) in [5.41, 5.74) is 3.32. The van der Waals surface area contributed by atoms with Gasteiger partial charge in [0.25, 0.3) is 10.0 Å². The monoisotopic (exact) mass is 535 g/mol. The van der Waals surface area contributed by atoms with E-state index in [4.69, 9.17) is 0 Å². The fourth-order valence-electron chi connectivity index (χ4n) is 4.19. The molecule has 0 spiro atoms. The number of benzene rings is 3. The van der Waals surface area contributed by atoms with Crippen LogP contribution in [0.25, 0.3) is 0 Å². The number of aryl methyl sites for hydroxylation is 1. The first-order chi connectivity index (χ1) is 18.0. The van der Waals surface area contributed by atoms with Gasteiger partial charge in [0.1, 0.15) is 12.6 Å². The molecule has 0 radical (unpaired) electrons. The van der Waals surface area contributed by atoms with E-state index in [0.29, 0.717) is 12.2 Å². The van der Waals surface area contributed by atoms with Gasteiger partial charge in [-0.2, -0.15) is 0 Å². The van der Waals surface area contributed by atoms with Crippen molar-refractivity contribution in [3.63, 3.8) is 0 Å². The number of amides is 2. The maximum absolute atomic E-state index is 13.9. The molecule has 0 aliphatic carbocycles. The zero-order chi connectivity index (χ0) is 27.9. The summed E-state index contributed by atoms with van der Waals surface area (Å²) in [6.45, 7) is 9.69. The molecule has 0 saturated carbocycles. The summed E-state index contributed by atoms with van der Waals surface area (Å²) in [4.78, 5) is 28.2. The van der Waals surface area contributed by atoms with Crippen molar-refractivity contribution >= 4 is 27.5 Å². The van der Waals surface area contributed by atoms with Crippen molar-refractivity contribution in [2.75, 3.05) is 17.4 Å². The first-order valence-electron chi connectivity index (χ1n) is 12.8. The van der Waals surface area contributed by atoms with Crippen LogP contribution in [0.5, 0.6) is 0 Å². The number of hydrogen-bond acceptors (Lipinski definition) is 4. The van der Waals surface area contributed by atoms with E-state index >= 15 is 0 Å². The molecular weight excluding hydrogens is 498 g/mol. The van der Waals surface area contributed by atoms with Crippen LogP contribution < -0.4 is 9.62 Å². The van der Waals surface area contributed by atoms with E-state index in [0.717, 1.165) is 21.0 Å². The van der Waals surface area contributed by atoms with Crippen molar-refractivity contribution in [3.8, 4) is 0 Å². The van der Waals surface area contributed by atoms with Gasteiger partial charge in [-0.15, -0.1) is 0 Å². The lowest BCUT2D eigenvalue weighted by atomic mass is 10.0. The lowest BCUT2D eigenvalue weighted by Gasteiger charge is -2.32. The minimum atomic E-state index is -4.07. The summed E-state index contributed by atoms with van der Waals surface area (Å²) < 4.78 is 28.7. The summed E-state index contributed by atoms with van der Waals surface area (Å²) in [5.74, 6) is -0.502. The number of carbonyl (C=O) groups excluding carboxylic acids is 2. The van der Waals surface area contributed by atoms with Crippen molar-refractivity contribution in [2.24, 2.45) is 0 Å². The maximum Gasteiger partial charge on any atom is 0.264 e. The third-order valence-corrected chi connectivity index (χ3v) is 8.20. The van der Waals surface area contributed by atoms with E-state index in [9.17, 15) is 18.0 Å². The van der Waals surface area contributed by atoms with Gasteiger partial charge in [0.05, 0.1) is 10.6 Å². The minimum Gasteiger partial charge on any atom is -0.355 e. The summed E-state index contributed by atoms with van der Waals surface area (Å²) in [6, 6.07) is 22.2. The van der Waals surface area contributed by atoms with Gasteiger partial charge in [-0.05, 0) is 62.1 Å². The van der Waals surface area contributed by atoms with Crippen molar-refractivity contribution < 1.29 is 18.0 Å². The first-order valence-corrected chi connectivity index (χ1v) is 14.3. The van der Waals surface area contributed by atoms with E-state index in [1.165, 1.54) is 17.0 Å². The Hall–Kier alpha value is -3.65. The molecule has 0 aromatic heterocycles. The van der Waals surface area contributed by atoms with Gasteiger partial charge >= 0.3 is 0 Å². The van der Waals surface area contributed by atoms with Gasteiger partial charge in [0.2, 0.25) is 11.8 Å². The Bertz CT molecular complexity index is 1340. The molecule has 0 aliphatic rings. The van der Waals surface area contributed by atoms with Gasteiger partial charge in [0.15, 0.2) is 0 Å². The Morgan fingerprint density at radius 2 is 1.55 bits per heavy atom. The Morgan fingerprint density at radius 3 is 2.13 bits per heavy atom. The summed E-state index contributed by atoms with van der Waals surface area (Å²) in [5, 5.41) is 2.77. The van der Waals surface area contributed by atoms with Crippen LogP contribution in [0.1, 0.15) is 50.3 Å². The molecule has 38 heavy (non-hydrogen) atoms. The predicted molar refractivity (Wildman–Crippen MR) is 151 cm³/mol. The van der Waals surface area contributed by atoms with Crippen LogP contribution in [0.3, 0.4) is 0 Å². The van der Waals surface area contributed by atoms with Crippen LogP contribution in [-0.2, 0) is 26.2 Å². The smallest absolute Gasteiger partial charge is 0.264 e. The van der Waals surface area contributed by atoms with E-state index in [1.54, 1.807) is 37.3 Å². The topological polar surface area (TPSA) is 86.8 Å². The highest BCUT2D eigenvalue weighted by molar-refractivity contribution is 7.92. The van der Waals surface area contributed by atoms with Crippen LogP contribution >= 0.6 is 0 Å². The number of carbonyl (C=O) groups is 2. The number of nitrogens with zero attached hydrogens (tertiary/aromatic N) is 2. The Labute approximate surface area is 226 Å². The fourth-order valence-corrected chi connectivity index (χ4v) is 5.62. The molecule has 202 valence electrons. The SMILES string of the molecule is CCNC(=O)[C@@H](C)N(Cc1cccc(C)c1)C(=O)CN(c1ccc(C(C)C)cc1)S(=O)(=O)c1ccccc1. The molecule has 1 atom stereocenters. The average Bonchev–Trinajstić information content (AvgIpc) is 2.90. The second-order valence-electron chi connectivity index (χ2n) is 9.65. The fraction of sp³-hybridized carbons (Fsp3) is 0.333. The number of sulfonamides is 1. The third-order valence-electron chi connectivity index (χ3n) is 6.41.